The van der Waals surface area contributed by atoms with Crippen LogP contribution in [0.3, 0.4) is 0 Å². The number of rotatable bonds is 4. The lowest BCUT2D eigenvalue weighted by molar-refractivity contribution is 0.178. The van der Waals surface area contributed by atoms with Crippen molar-refractivity contribution in [3.05, 3.63) is 53.0 Å². The highest BCUT2D eigenvalue weighted by molar-refractivity contribution is 5.75. The van der Waals surface area contributed by atoms with E-state index in [1.165, 1.54) is 0 Å². The number of hydrogen-bond acceptors (Lipinski definition) is 3. The molecular formula is C22H30N2O3. The van der Waals surface area contributed by atoms with Crippen LogP contribution in [0.25, 0.3) is 0 Å². The zero-order valence-corrected chi connectivity index (χ0v) is 17.1. The van der Waals surface area contributed by atoms with Crippen LogP contribution < -0.4 is 10.1 Å². The average molecular weight is 370 g/mol. The summed E-state index contributed by atoms with van der Waals surface area (Å²) >= 11 is 0. The number of nitrogens with zero attached hydrogens (tertiary/aromatic N) is 1. The molecule has 2 aromatic rings. The second-order valence-electron chi connectivity index (χ2n) is 8.31. The number of carbonyl (C=O) groups excluding carboxylic acids is 1. The van der Waals surface area contributed by atoms with Crippen molar-refractivity contribution >= 4 is 6.03 Å². The smallest absolute Gasteiger partial charge is 0.318 e. The van der Waals surface area contributed by atoms with Crippen LogP contribution >= 0.6 is 0 Å². The number of carbonyl (C=O) groups is 1. The van der Waals surface area contributed by atoms with Crippen LogP contribution in [0.15, 0.2) is 34.7 Å². The van der Waals surface area contributed by atoms with Crippen LogP contribution in [0, 0.1) is 12.3 Å². The third-order valence-electron chi connectivity index (χ3n) is 5.52. The van der Waals surface area contributed by atoms with Gasteiger partial charge in [-0.15, -0.1) is 0 Å². The molecule has 1 heterocycles. The Morgan fingerprint density at radius 2 is 2.07 bits per heavy atom. The Morgan fingerprint density at radius 1 is 1.37 bits per heavy atom. The Labute approximate surface area is 161 Å². The minimum atomic E-state index is -0.108. The average Bonchev–Trinajstić information content (AvgIpc) is 2.99. The predicted molar refractivity (Wildman–Crippen MR) is 106 cm³/mol. The molecule has 2 atom stereocenters. The highest BCUT2D eigenvalue weighted by Crippen LogP contribution is 2.42. The largest absolute Gasteiger partial charge is 0.496 e. The van der Waals surface area contributed by atoms with Crippen molar-refractivity contribution < 1.29 is 13.9 Å². The Balaban J connectivity index is 1.78. The van der Waals surface area contributed by atoms with Gasteiger partial charge in [0.1, 0.15) is 17.3 Å². The van der Waals surface area contributed by atoms with Crippen molar-refractivity contribution in [1.29, 1.82) is 0 Å². The topological polar surface area (TPSA) is 54.7 Å². The van der Waals surface area contributed by atoms with Crippen molar-refractivity contribution in [1.82, 2.24) is 10.2 Å². The second kappa shape index (κ2) is 7.29. The maximum Gasteiger partial charge on any atom is 0.318 e. The molecule has 0 spiro atoms. The molecule has 2 unspecified atom stereocenters. The van der Waals surface area contributed by atoms with Crippen molar-refractivity contribution in [2.24, 2.45) is 5.41 Å². The summed E-state index contributed by atoms with van der Waals surface area (Å²) in [5, 5.41) is 3.22. The number of urea groups is 1. The van der Waals surface area contributed by atoms with Crippen LogP contribution in [0.5, 0.6) is 5.75 Å². The summed E-state index contributed by atoms with van der Waals surface area (Å²) in [6.45, 7) is 8.40. The molecule has 3 rings (SSSR count). The third-order valence-corrected chi connectivity index (χ3v) is 5.52. The minimum absolute atomic E-state index is 0.0407. The zero-order chi connectivity index (χ0) is 19.8. The van der Waals surface area contributed by atoms with Crippen LogP contribution in [0.4, 0.5) is 4.79 Å². The lowest BCUT2D eigenvalue weighted by Crippen LogP contribution is -2.43. The molecule has 5 heteroatoms. The van der Waals surface area contributed by atoms with E-state index >= 15 is 0 Å². The van der Waals surface area contributed by atoms with Gasteiger partial charge in [0.05, 0.1) is 19.2 Å². The zero-order valence-electron chi connectivity index (χ0n) is 17.1. The first-order valence-electron chi connectivity index (χ1n) is 9.47. The minimum Gasteiger partial charge on any atom is -0.496 e. The molecule has 146 valence electrons. The van der Waals surface area contributed by atoms with Crippen molar-refractivity contribution in [2.75, 3.05) is 14.2 Å². The van der Waals surface area contributed by atoms with E-state index in [9.17, 15) is 4.79 Å². The molecule has 0 bridgehead atoms. The number of aryl methyl sites for hydroxylation is 1. The van der Waals surface area contributed by atoms with Gasteiger partial charge in [-0.25, -0.2) is 4.79 Å². The van der Waals surface area contributed by atoms with E-state index in [1.807, 2.05) is 45.2 Å². The van der Waals surface area contributed by atoms with Crippen LogP contribution in [-0.2, 0) is 6.42 Å². The molecule has 27 heavy (non-hydrogen) atoms. The van der Waals surface area contributed by atoms with E-state index in [-0.39, 0.29) is 23.5 Å². The number of benzene rings is 1. The standard InChI is InChI=1S/C22H30N2O3/c1-14-11-17-18(12-22(3,4)13-20(17)27-14)23-21(25)24(5)15(2)16-9-7-8-10-19(16)26-6/h7-11,15,18H,12-13H2,1-6H3,(H,23,25). The van der Waals surface area contributed by atoms with E-state index in [2.05, 4.69) is 25.2 Å². The maximum absolute atomic E-state index is 13.0. The quantitative estimate of drug-likeness (QED) is 0.823. The number of para-hydroxylation sites is 1. The number of hydrogen-bond donors (Lipinski definition) is 1. The Hall–Kier alpha value is -2.43. The number of methoxy groups -OCH3 is 1. The van der Waals surface area contributed by atoms with E-state index < -0.39 is 0 Å². The van der Waals surface area contributed by atoms with Crippen molar-refractivity contribution in [3.8, 4) is 5.75 Å². The lowest BCUT2D eigenvalue weighted by Gasteiger charge is -2.36. The van der Waals surface area contributed by atoms with Gasteiger partial charge in [0.15, 0.2) is 0 Å². The summed E-state index contributed by atoms with van der Waals surface area (Å²) in [6.07, 6.45) is 1.79. The molecule has 0 radical (unpaired) electrons. The molecule has 2 amide bonds. The molecule has 1 N–H and O–H groups in total. The van der Waals surface area contributed by atoms with E-state index in [4.69, 9.17) is 9.15 Å². The van der Waals surface area contributed by atoms with Crippen molar-refractivity contribution in [2.45, 2.75) is 52.6 Å². The third kappa shape index (κ3) is 3.97. The summed E-state index contributed by atoms with van der Waals surface area (Å²) < 4.78 is 11.3. The lowest BCUT2D eigenvalue weighted by atomic mass is 9.75. The number of ether oxygens (including phenoxy) is 1. The molecule has 5 nitrogen and oxygen atoms in total. The fraction of sp³-hybridized carbons (Fsp3) is 0.500. The maximum atomic E-state index is 13.0. The fourth-order valence-electron chi connectivity index (χ4n) is 3.96. The summed E-state index contributed by atoms with van der Waals surface area (Å²) in [5.74, 6) is 2.68. The second-order valence-corrected chi connectivity index (χ2v) is 8.31. The highest BCUT2D eigenvalue weighted by Gasteiger charge is 2.36. The molecule has 0 saturated carbocycles. The molecule has 0 aliphatic heterocycles. The number of amides is 2. The van der Waals surface area contributed by atoms with Crippen LogP contribution in [0.2, 0.25) is 0 Å². The van der Waals surface area contributed by atoms with Gasteiger partial charge in [-0.2, -0.15) is 0 Å². The fourth-order valence-corrected chi connectivity index (χ4v) is 3.96. The molecule has 1 aliphatic carbocycles. The summed E-state index contributed by atoms with van der Waals surface area (Å²) in [5.41, 5.74) is 2.18. The van der Waals surface area contributed by atoms with Gasteiger partial charge < -0.3 is 19.4 Å². The van der Waals surface area contributed by atoms with E-state index in [1.54, 1.807) is 12.0 Å². The van der Waals surface area contributed by atoms with Gasteiger partial charge in [0.2, 0.25) is 0 Å². The highest BCUT2D eigenvalue weighted by atomic mass is 16.5. The number of furan rings is 1. The monoisotopic (exact) mass is 370 g/mol. The van der Waals surface area contributed by atoms with Crippen molar-refractivity contribution in [3.63, 3.8) is 0 Å². The Morgan fingerprint density at radius 3 is 2.78 bits per heavy atom. The summed E-state index contributed by atoms with van der Waals surface area (Å²) in [6, 6.07) is 9.62. The molecule has 0 saturated heterocycles. The summed E-state index contributed by atoms with van der Waals surface area (Å²) in [4.78, 5) is 14.7. The van der Waals surface area contributed by atoms with Gasteiger partial charge in [0.25, 0.3) is 0 Å². The molecule has 0 fully saturated rings. The van der Waals surface area contributed by atoms with Gasteiger partial charge >= 0.3 is 6.03 Å². The SMILES string of the molecule is COc1ccccc1C(C)N(C)C(=O)NC1CC(C)(C)Cc2oc(C)cc21. The van der Waals surface area contributed by atoms with Crippen LogP contribution in [0.1, 0.15) is 61.9 Å². The van der Waals surface area contributed by atoms with Gasteiger partial charge in [-0.05, 0) is 37.8 Å². The van der Waals surface area contributed by atoms with Gasteiger partial charge in [0, 0.05) is 24.6 Å². The Bertz CT molecular complexity index is 825. The van der Waals surface area contributed by atoms with Crippen LogP contribution in [-0.4, -0.2) is 25.1 Å². The first-order chi connectivity index (χ1) is 12.7. The molecule has 1 aliphatic rings. The first-order valence-corrected chi connectivity index (χ1v) is 9.47. The predicted octanol–water partition coefficient (Wildman–Crippen LogP) is 5.01. The molecule has 1 aromatic heterocycles. The molecule has 1 aromatic carbocycles. The Kier molecular flexibility index (Phi) is 5.22. The number of fused-ring (bicyclic) bond motifs is 1. The molecular weight excluding hydrogens is 340 g/mol. The van der Waals surface area contributed by atoms with E-state index in [0.29, 0.717) is 0 Å². The normalized spacial score (nSPS) is 19.1. The first kappa shape index (κ1) is 19.3. The summed E-state index contributed by atoms with van der Waals surface area (Å²) in [7, 11) is 3.47. The number of nitrogens with one attached hydrogen (secondary N) is 1. The van der Waals surface area contributed by atoms with Gasteiger partial charge in [-0.1, -0.05) is 32.0 Å². The van der Waals surface area contributed by atoms with E-state index in [0.717, 1.165) is 41.2 Å². The van der Waals surface area contributed by atoms with Gasteiger partial charge in [-0.3, -0.25) is 0 Å².